The van der Waals surface area contributed by atoms with Crippen LogP contribution in [0, 0.1) is 28.6 Å². The molecule has 37 heavy (non-hydrogen) atoms. The van der Waals surface area contributed by atoms with Crippen molar-refractivity contribution in [2.24, 2.45) is 5.92 Å². The Kier molecular flexibility index (Phi) is 9.73. The van der Waals surface area contributed by atoms with E-state index >= 15 is 0 Å². The molecule has 2 aliphatic heterocycles. The molecule has 0 spiro atoms. The van der Waals surface area contributed by atoms with Crippen LogP contribution in [0.25, 0.3) is 0 Å². The van der Waals surface area contributed by atoms with Gasteiger partial charge in [-0.15, -0.1) is 23.1 Å². The van der Waals surface area contributed by atoms with Gasteiger partial charge < -0.3 is 14.8 Å². The SMILES string of the molecule is CC(=O)OCC1=C(C(=O)OCC(Cl)(Cl)Cl)N2C(=O)C(NC(=O)Cc3cccs3)[C@H]2SC1CC(C#N)C#N. The first kappa shape index (κ1) is 29.1. The number of nitriles is 2. The molecule has 0 saturated carbocycles. The van der Waals surface area contributed by atoms with E-state index in [0.29, 0.717) is 0 Å². The summed E-state index contributed by atoms with van der Waals surface area (Å²) in [6.45, 7) is 0.127. The summed E-state index contributed by atoms with van der Waals surface area (Å²) in [5, 5.41) is 21.7. The highest BCUT2D eigenvalue weighted by Gasteiger charge is 2.56. The number of alkyl halides is 3. The molecule has 1 saturated heterocycles. The van der Waals surface area contributed by atoms with Crippen LogP contribution in [0.5, 0.6) is 0 Å². The number of halogens is 3. The van der Waals surface area contributed by atoms with E-state index in [9.17, 15) is 29.7 Å². The highest BCUT2D eigenvalue weighted by molar-refractivity contribution is 8.00. The number of fused-ring (bicyclic) bond motifs is 1. The average molecular weight is 606 g/mol. The van der Waals surface area contributed by atoms with Crippen LogP contribution >= 0.6 is 57.9 Å². The molecule has 0 bridgehead atoms. The molecule has 2 unspecified atom stereocenters. The minimum absolute atomic E-state index is 0.0378. The number of nitrogens with one attached hydrogen (secondary N) is 1. The van der Waals surface area contributed by atoms with Crippen LogP contribution < -0.4 is 5.32 Å². The molecule has 0 aromatic carbocycles. The Morgan fingerprint density at radius 2 is 1.95 bits per heavy atom. The summed E-state index contributed by atoms with van der Waals surface area (Å²) in [6.07, 6.45) is 0.0305. The number of ether oxygens (including phenoxy) is 2. The Hall–Kier alpha value is -2.48. The number of rotatable bonds is 9. The van der Waals surface area contributed by atoms with Gasteiger partial charge in [0.2, 0.25) is 9.70 Å². The van der Waals surface area contributed by atoms with Gasteiger partial charge in [0, 0.05) is 22.6 Å². The molecule has 1 fully saturated rings. The first-order valence-corrected chi connectivity index (χ1v) is 13.6. The maximum atomic E-state index is 13.1. The molecule has 1 N–H and O–H groups in total. The Bertz CT molecular complexity index is 1170. The largest absolute Gasteiger partial charge is 0.461 e. The normalized spacial score (nSPS) is 20.9. The zero-order valence-electron chi connectivity index (χ0n) is 19.1. The third-order valence-electron chi connectivity index (χ3n) is 5.26. The minimum Gasteiger partial charge on any atom is -0.461 e. The molecule has 15 heteroatoms. The van der Waals surface area contributed by atoms with Crippen LogP contribution in [-0.4, -0.2) is 62.3 Å². The standard InChI is InChI=1S/C22H19Cl3N4O6S2/c1-11(30)34-9-14-15(5-12(7-26)8-27)37-20-17(28-16(31)6-13-3-2-4-36-13)19(32)29(20)18(14)21(33)35-10-22(23,24)25/h2-4,12,15,17,20H,5-6,9-10H2,1H3,(H,28,31)/t15?,17?,20-/m1/s1. The van der Waals surface area contributed by atoms with E-state index in [2.05, 4.69) is 5.32 Å². The molecule has 3 atom stereocenters. The number of carbonyl (C=O) groups is 4. The van der Waals surface area contributed by atoms with E-state index in [1.807, 2.05) is 17.5 Å². The smallest absolute Gasteiger partial charge is 0.355 e. The number of amides is 2. The van der Waals surface area contributed by atoms with Crippen molar-refractivity contribution >= 4 is 81.7 Å². The monoisotopic (exact) mass is 604 g/mol. The second kappa shape index (κ2) is 12.4. The number of thiophene rings is 1. The first-order valence-electron chi connectivity index (χ1n) is 10.6. The highest BCUT2D eigenvalue weighted by Crippen LogP contribution is 2.46. The summed E-state index contributed by atoms with van der Waals surface area (Å²) in [4.78, 5) is 52.3. The summed E-state index contributed by atoms with van der Waals surface area (Å²) in [5.41, 5.74) is -0.0781. The predicted octanol–water partition coefficient (Wildman–Crippen LogP) is 2.84. The lowest BCUT2D eigenvalue weighted by atomic mass is 9.96. The molecule has 0 aliphatic carbocycles. The summed E-state index contributed by atoms with van der Waals surface area (Å²) >= 11 is 19.7. The van der Waals surface area contributed by atoms with Crippen LogP contribution in [0.2, 0.25) is 0 Å². The maximum absolute atomic E-state index is 13.1. The number of esters is 2. The molecular weight excluding hydrogens is 587 g/mol. The van der Waals surface area contributed by atoms with E-state index in [4.69, 9.17) is 44.3 Å². The van der Waals surface area contributed by atoms with Gasteiger partial charge in [0.1, 0.15) is 36.2 Å². The lowest BCUT2D eigenvalue weighted by Gasteiger charge is -2.51. The molecule has 0 radical (unpaired) electrons. The van der Waals surface area contributed by atoms with Gasteiger partial charge in [-0.05, 0) is 17.9 Å². The Labute approximate surface area is 235 Å². The summed E-state index contributed by atoms with van der Waals surface area (Å²) < 4.78 is 8.30. The maximum Gasteiger partial charge on any atom is 0.355 e. The van der Waals surface area contributed by atoms with Crippen molar-refractivity contribution in [2.75, 3.05) is 13.2 Å². The molecule has 3 rings (SSSR count). The molecule has 2 amide bonds. The summed E-state index contributed by atoms with van der Waals surface area (Å²) in [6, 6.07) is 6.36. The van der Waals surface area contributed by atoms with Crippen LogP contribution in [-0.2, 0) is 35.1 Å². The first-order chi connectivity index (χ1) is 17.4. The van der Waals surface area contributed by atoms with Crippen molar-refractivity contribution in [1.82, 2.24) is 10.2 Å². The zero-order chi connectivity index (χ0) is 27.3. The van der Waals surface area contributed by atoms with Gasteiger partial charge in [0.25, 0.3) is 5.91 Å². The van der Waals surface area contributed by atoms with E-state index in [0.717, 1.165) is 28.5 Å². The van der Waals surface area contributed by atoms with Gasteiger partial charge >= 0.3 is 11.9 Å². The number of β-lactam (4-membered cyclic amide) rings is 1. The third kappa shape index (κ3) is 7.30. The fourth-order valence-electron chi connectivity index (χ4n) is 3.66. The van der Waals surface area contributed by atoms with Crippen molar-refractivity contribution in [1.29, 1.82) is 10.5 Å². The lowest BCUT2D eigenvalue weighted by molar-refractivity contribution is -0.153. The van der Waals surface area contributed by atoms with Crippen LogP contribution in [0.1, 0.15) is 18.2 Å². The molecule has 10 nitrogen and oxygen atoms in total. The second-order valence-corrected chi connectivity index (χ2v) is 12.8. The average Bonchev–Trinajstić information content (AvgIpc) is 3.34. The lowest BCUT2D eigenvalue weighted by Crippen LogP contribution is -2.71. The molecule has 1 aromatic heterocycles. The number of carbonyl (C=O) groups excluding carboxylic acids is 4. The molecule has 3 heterocycles. The molecule has 196 valence electrons. The topological polar surface area (TPSA) is 150 Å². The van der Waals surface area contributed by atoms with Crippen molar-refractivity contribution in [3.05, 3.63) is 33.7 Å². The Balaban J connectivity index is 1.94. The highest BCUT2D eigenvalue weighted by atomic mass is 35.6. The Morgan fingerprint density at radius 3 is 2.51 bits per heavy atom. The van der Waals surface area contributed by atoms with Crippen molar-refractivity contribution in [2.45, 2.75) is 40.2 Å². The van der Waals surface area contributed by atoms with E-state index in [1.165, 1.54) is 11.3 Å². The molecule has 1 aromatic rings. The fourth-order valence-corrected chi connectivity index (χ4v) is 6.18. The van der Waals surface area contributed by atoms with Gasteiger partial charge in [-0.1, -0.05) is 40.9 Å². The number of thioether (sulfide) groups is 1. The molecular formula is C22H19Cl3N4O6S2. The molecule has 2 aliphatic rings. The van der Waals surface area contributed by atoms with Crippen LogP contribution in [0.3, 0.4) is 0 Å². The van der Waals surface area contributed by atoms with E-state index in [-0.39, 0.29) is 30.0 Å². The van der Waals surface area contributed by atoms with Crippen LogP contribution in [0.15, 0.2) is 28.8 Å². The van der Waals surface area contributed by atoms with Gasteiger partial charge in [-0.2, -0.15) is 10.5 Å². The van der Waals surface area contributed by atoms with E-state index in [1.54, 1.807) is 12.1 Å². The fraction of sp³-hybridized carbons (Fsp3) is 0.455. The zero-order valence-corrected chi connectivity index (χ0v) is 23.0. The minimum atomic E-state index is -1.93. The van der Waals surface area contributed by atoms with Gasteiger partial charge in [-0.3, -0.25) is 19.3 Å². The van der Waals surface area contributed by atoms with Gasteiger partial charge in [0.05, 0.1) is 18.6 Å². The Morgan fingerprint density at radius 1 is 1.24 bits per heavy atom. The second-order valence-electron chi connectivity index (χ2n) is 7.92. The summed E-state index contributed by atoms with van der Waals surface area (Å²) in [5.74, 6) is -3.71. The van der Waals surface area contributed by atoms with Gasteiger partial charge in [0.15, 0.2) is 0 Å². The quantitative estimate of drug-likeness (QED) is 0.255. The van der Waals surface area contributed by atoms with Crippen molar-refractivity contribution < 1.29 is 28.7 Å². The van der Waals surface area contributed by atoms with Crippen molar-refractivity contribution in [3.63, 3.8) is 0 Å². The number of nitrogens with zero attached hydrogens (tertiary/aromatic N) is 3. The number of hydrogen-bond donors (Lipinski definition) is 1. The number of hydrogen-bond acceptors (Lipinski definition) is 10. The third-order valence-corrected chi connectivity index (χ3v) is 8.04. The van der Waals surface area contributed by atoms with E-state index < -0.39 is 57.4 Å². The predicted molar refractivity (Wildman–Crippen MR) is 136 cm³/mol. The summed E-state index contributed by atoms with van der Waals surface area (Å²) in [7, 11) is 0. The van der Waals surface area contributed by atoms with Crippen molar-refractivity contribution in [3.8, 4) is 12.1 Å². The van der Waals surface area contributed by atoms with Gasteiger partial charge in [-0.25, -0.2) is 4.79 Å². The van der Waals surface area contributed by atoms with Crippen LogP contribution in [0.4, 0.5) is 0 Å².